The van der Waals surface area contributed by atoms with Crippen molar-refractivity contribution in [2.24, 2.45) is 5.14 Å². The Morgan fingerprint density at radius 3 is 2.31 bits per heavy atom. The van der Waals surface area contributed by atoms with Gasteiger partial charge in [-0.25, -0.2) is 23.2 Å². The molecule has 0 saturated carbocycles. The lowest BCUT2D eigenvalue weighted by Gasteiger charge is -2.09. The van der Waals surface area contributed by atoms with Gasteiger partial charge in [-0.05, 0) is 29.8 Å². The quantitative estimate of drug-likeness (QED) is 0.280. The Labute approximate surface area is 211 Å². The third kappa shape index (κ3) is 4.83. The highest BCUT2D eigenvalue weighted by Crippen LogP contribution is 2.36. The van der Waals surface area contributed by atoms with E-state index >= 15 is 0 Å². The molecule has 0 spiro atoms. The van der Waals surface area contributed by atoms with E-state index in [4.69, 9.17) is 10.2 Å². The second kappa shape index (κ2) is 9.72. The summed E-state index contributed by atoms with van der Waals surface area (Å²) in [6.07, 6.45) is 2.14. The molecule has 0 unspecified atom stereocenters. The summed E-state index contributed by atoms with van der Waals surface area (Å²) in [5, 5.41) is 31.4. The van der Waals surface area contributed by atoms with Gasteiger partial charge in [-0.1, -0.05) is 42.5 Å². The maximum atomic E-state index is 11.7. The zero-order valence-electron chi connectivity index (χ0n) is 18.8. The monoisotopic (exact) mass is 519 g/mol. The lowest BCUT2D eigenvalue weighted by atomic mass is 9.96. The Morgan fingerprint density at radius 2 is 1.69 bits per heavy atom. The molecule has 2 aromatic carbocycles. The third-order valence-corrected chi connectivity index (χ3v) is 7.32. The number of aliphatic hydroxyl groups is 2. The van der Waals surface area contributed by atoms with Gasteiger partial charge < -0.3 is 10.2 Å². The van der Waals surface area contributed by atoms with Crippen LogP contribution in [0, 0.1) is 0 Å². The number of pyridine rings is 1. The van der Waals surface area contributed by atoms with Gasteiger partial charge in [0, 0.05) is 40.9 Å². The van der Waals surface area contributed by atoms with Crippen LogP contribution in [0.2, 0.25) is 0 Å². The molecule has 36 heavy (non-hydrogen) atoms. The summed E-state index contributed by atoms with van der Waals surface area (Å²) in [6, 6.07) is 19.8. The number of hydrogen-bond acceptors (Lipinski definition) is 8. The van der Waals surface area contributed by atoms with Crippen molar-refractivity contribution in [1.29, 1.82) is 0 Å². The van der Waals surface area contributed by atoms with Crippen molar-refractivity contribution in [2.75, 3.05) is 0 Å². The van der Waals surface area contributed by atoms with Crippen molar-refractivity contribution in [3.8, 4) is 27.6 Å². The van der Waals surface area contributed by atoms with Gasteiger partial charge in [0.05, 0.1) is 16.3 Å². The van der Waals surface area contributed by atoms with Crippen LogP contribution in [0.4, 0.5) is 0 Å². The zero-order valence-corrected chi connectivity index (χ0v) is 20.4. The second-order valence-corrected chi connectivity index (χ2v) is 10.4. The van der Waals surface area contributed by atoms with Crippen LogP contribution >= 0.6 is 11.3 Å². The van der Waals surface area contributed by atoms with Gasteiger partial charge in [-0.15, -0.1) is 11.3 Å². The van der Waals surface area contributed by atoms with E-state index in [1.165, 1.54) is 23.5 Å². The number of rotatable bonds is 7. The van der Waals surface area contributed by atoms with Crippen LogP contribution in [0.25, 0.3) is 27.6 Å². The summed E-state index contributed by atoms with van der Waals surface area (Å²) in [7, 11) is -3.80. The van der Waals surface area contributed by atoms with Crippen molar-refractivity contribution in [1.82, 2.24) is 19.7 Å². The molecule has 5 rings (SSSR count). The van der Waals surface area contributed by atoms with Gasteiger partial charge in [-0.3, -0.25) is 4.98 Å². The van der Waals surface area contributed by atoms with Crippen LogP contribution in [0.15, 0.2) is 89.4 Å². The molecule has 0 fully saturated rings. The van der Waals surface area contributed by atoms with Crippen molar-refractivity contribution in [3.63, 3.8) is 0 Å². The number of aromatic nitrogens is 4. The Bertz CT molecular complexity index is 1600. The van der Waals surface area contributed by atoms with Crippen LogP contribution in [-0.4, -0.2) is 38.4 Å². The molecule has 0 aliphatic carbocycles. The molecule has 0 aliphatic rings. The van der Waals surface area contributed by atoms with Crippen LogP contribution in [-0.2, 0) is 16.4 Å². The van der Waals surface area contributed by atoms with Gasteiger partial charge in [0.2, 0.25) is 15.2 Å². The van der Waals surface area contributed by atoms with E-state index in [9.17, 15) is 18.6 Å². The minimum Gasteiger partial charge on any atom is -0.363 e. The third-order valence-electron chi connectivity index (χ3n) is 5.55. The molecule has 0 radical (unpaired) electrons. The van der Waals surface area contributed by atoms with Crippen molar-refractivity contribution >= 4 is 21.4 Å². The van der Waals surface area contributed by atoms with Gasteiger partial charge in [0.15, 0.2) is 6.29 Å². The van der Waals surface area contributed by atoms with E-state index in [2.05, 4.69) is 9.97 Å². The van der Waals surface area contributed by atoms with Gasteiger partial charge in [0.25, 0.3) is 0 Å². The van der Waals surface area contributed by atoms with Crippen LogP contribution in [0.1, 0.15) is 23.1 Å². The summed E-state index contributed by atoms with van der Waals surface area (Å²) in [5.41, 5.74) is 5.00. The van der Waals surface area contributed by atoms with Crippen LogP contribution < -0.4 is 5.14 Å². The van der Waals surface area contributed by atoms with E-state index in [-0.39, 0.29) is 10.6 Å². The molecule has 11 heteroatoms. The normalized spacial score (nSPS) is 11.8. The highest BCUT2D eigenvalue weighted by molar-refractivity contribution is 7.89. The van der Waals surface area contributed by atoms with Gasteiger partial charge >= 0.3 is 0 Å². The highest BCUT2D eigenvalue weighted by Gasteiger charge is 2.24. The first-order chi connectivity index (χ1) is 17.3. The molecule has 0 bridgehead atoms. The summed E-state index contributed by atoms with van der Waals surface area (Å²) < 4.78 is 25.1. The van der Waals surface area contributed by atoms with Crippen molar-refractivity contribution in [2.45, 2.75) is 17.6 Å². The summed E-state index contributed by atoms with van der Waals surface area (Å²) in [4.78, 5) is 8.69. The largest absolute Gasteiger partial charge is 0.363 e. The Kier molecular flexibility index (Phi) is 6.48. The number of thiazole rings is 1. The molecule has 3 heterocycles. The lowest BCUT2D eigenvalue weighted by Crippen LogP contribution is -2.11. The molecule has 0 amide bonds. The van der Waals surface area contributed by atoms with Gasteiger partial charge in [0.1, 0.15) is 5.69 Å². The van der Waals surface area contributed by atoms with E-state index in [1.54, 1.807) is 34.6 Å². The Morgan fingerprint density at radius 1 is 0.972 bits per heavy atom. The lowest BCUT2D eigenvalue weighted by molar-refractivity contribution is -0.0454. The van der Waals surface area contributed by atoms with Crippen molar-refractivity contribution in [3.05, 3.63) is 101 Å². The molecular formula is C25H21N5O4S2. The van der Waals surface area contributed by atoms with E-state index < -0.39 is 16.3 Å². The topological polar surface area (TPSA) is 144 Å². The summed E-state index contributed by atoms with van der Waals surface area (Å²) in [6.45, 7) is 0. The smallest absolute Gasteiger partial charge is 0.238 e. The molecule has 0 saturated heterocycles. The number of sulfonamides is 1. The standard InChI is InChI=1S/C25H21N5O4S2/c26-36(33,34)19-10-8-16(9-11-19)13-20-22(17-5-2-1-3-6-17)29-30(23(20)18-7-4-12-27-14-18)25-28-21(15-35-25)24(31)32/h1-12,14-15,24,31-32H,13H2,(H2,26,33,34). The number of hydrogen-bond donors (Lipinski definition) is 3. The summed E-state index contributed by atoms with van der Waals surface area (Å²) in [5.74, 6) is 0. The Balaban J connectivity index is 1.73. The van der Waals surface area contributed by atoms with Crippen LogP contribution in [0.3, 0.4) is 0 Å². The zero-order chi connectivity index (χ0) is 25.3. The number of aliphatic hydroxyl groups excluding tert-OH is 1. The van der Waals surface area contributed by atoms with Crippen LogP contribution in [0.5, 0.6) is 0 Å². The predicted molar refractivity (Wildman–Crippen MR) is 136 cm³/mol. The SMILES string of the molecule is NS(=O)(=O)c1ccc(Cc2c(-c3ccccc3)nn(-c3nc(C(O)O)cs3)c2-c2cccnc2)cc1. The first-order valence-corrected chi connectivity index (χ1v) is 13.3. The average molecular weight is 520 g/mol. The molecule has 5 aromatic rings. The minimum absolute atomic E-state index is 0.0376. The average Bonchev–Trinajstić information content (AvgIpc) is 3.51. The number of nitrogens with zero attached hydrogens (tertiary/aromatic N) is 4. The van der Waals surface area contributed by atoms with Crippen molar-refractivity contribution < 1.29 is 18.6 Å². The van der Waals surface area contributed by atoms with E-state index in [0.717, 1.165) is 27.9 Å². The maximum absolute atomic E-state index is 11.7. The fourth-order valence-corrected chi connectivity index (χ4v) is 5.18. The minimum atomic E-state index is -3.80. The molecule has 4 N–H and O–H groups in total. The molecule has 3 aromatic heterocycles. The fourth-order valence-electron chi connectivity index (χ4n) is 3.88. The molecular weight excluding hydrogens is 498 g/mol. The number of nitrogens with two attached hydrogens (primary N) is 1. The first-order valence-electron chi connectivity index (χ1n) is 10.8. The molecule has 0 atom stereocenters. The molecule has 0 aliphatic heterocycles. The summed E-state index contributed by atoms with van der Waals surface area (Å²) >= 11 is 1.24. The first kappa shape index (κ1) is 24.0. The molecule has 182 valence electrons. The number of benzene rings is 2. The number of primary sulfonamides is 1. The fraction of sp³-hybridized carbons (Fsp3) is 0.0800. The van der Waals surface area contributed by atoms with E-state index in [0.29, 0.717) is 17.2 Å². The maximum Gasteiger partial charge on any atom is 0.238 e. The van der Waals surface area contributed by atoms with E-state index in [1.807, 2.05) is 42.5 Å². The molecule has 9 nitrogen and oxygen atoms in total. The van der Waals surface area contributed by atoms with Gasteiger partial charge in [-0.2, -0.15) is 5.10 Å². The Hall–Kier alpha value is -3.74. The second-order valence-electron chi connectivity index (χ2n) is 7.99. The highest BCUT2D eigenvalue weighted by atomic mass is 32.2. The predicted octanol–water partition coefficient (Wildman–Crippen LogP) is 3.28.